The third-order valence-electron chi connectivity index (χ3n) is 5.54. The van der Waals surface area contributed by atoms with Crippen molar-refractivity contribution in [1.29, 1.82) is 0 Å². The number of anilines is 1. The van der Waals surface area contributed by atoms with Crippen LogP contribution in [0.15, 0.2) is 48.5 Å². The maximum Gasteiger partial charge on any atom is 0.119 e. The minimum atomic E-state index is 0.357. The van der Waals surface area contributed by atoms with Crippen molar-refractivity contribution in [1.82, 2.24) is 5.32 Å². The molecule has 3 N–H and O–H groups in total. The summed E-state index contributed by atoms with van der Waals surface area (Å²) >= 11 is 0. The van der Waals surface area contributed by atoms with E-state index in [-0.39, 0.29) is 0 Å². The Hall–Kier alpha value is -2.00. The first kappa shape index (κ1) is 18.8. The topological polar surface area (TPSA) is 47.3 Å². The van der Waals surface area contributed by atoms with E-state index in [0.29, 0.717) is 12.0 Å². The van der Waals surface area contributed by atoms with Gasteiger partial charge in [-0.05, 0) is 86.4 Å². The van der Waals surface area contributed by atoms with Crippen LogP contribution in [0.25, 0.3) is 0 Å². The fourth-order valence-electron chi connectivity index (χ4n) is 3.93. The zero-order valence-corrected chi connectivity index (χ0v) is 16.1. The standard InChI is InChI=1S/C23H32N2O/c1-17-5-3-7-22(13-17)26-23-8-4-6-20(14-23)18(2)15-25-16-19-9-11-21(24)12-10-19/h3,5,7,9-13,18,20,23,25H,4,6,8,14-16,24H2,1-2H3/t18?,20-,23+/m0/s1. The van der Waals surface area contributed by atoms with Crippen LogP contribution in [0.5, 0.6) is 5.75 Å². The summed E-state index contributed by atoms with van der Waals surface area (Å²) in [5.41, 5.74) is 9.12. The normalized spacial score (nSPS) is 21.3. The molecule has 26 heavy (non-hydrogen) atoms. The van der Waals surface area contributed by atoms with E-state index in [1.807, 2.05) is 12.1 Å². The molecule has 0 radical (unpaired) electrons. The quantitative estimate of drug-likeness (QED) is 0.694. The molecule has 0 heterocycles. The smallest absolute Gasteiger partial charge is 0.119 e. The molecule has 3 nitrogen and oxygen atoms in total. The average molecular weight is 353 g/mol. The summed E-state index contributed by atoms with van der Waals surface area (Å²) in [5, 5.41) is 3.61. The van der Waals surface area contributed by atoms with Crippen molar-refractivity contribution < 1.29 is 4.74 Å². The lowest BCUT2D eigenvalue weighted by Crippen LogP contribution is -2.33. The fourth-order valence-corrected chi connectivity index (χ4v) is 3.93. The summed E-state index contributed by atoms with van der Waals surface area (Å²) in [5.74, 6) is 2.41. The van der Waals surface area contributed by atoms with Crippen LogP contribution in [0.1, 0.15) is 43.7 Å². The highest BCUT2D eigenvalue weighted by atomic mass is 16.5. The van der Waals surface area contributed by atoms with E-state index in [2.05, 4.69) is 55.6 Å². The van der Waals surface area contributed by atoms with Crippen molar-refractivity contribution in [3.8, 4) is 5.75 Å². The Bertz CT molecular complexity index is 683. The highest BCUT2D eigenvalue weighted by Gasteiger charge is 2.27. The summed E-state index contributed by atoms with van der Waals surface area (Å²) in [6.07, 6.45) is 5.28. The van der Waals surface area contributed by atoms with Gasteiger partial charge < -0.3 is 15.8 Å². The van der Waals surface area contributed by atoms with Gasteiger partial charge in [-0.2, -0.15) is 0 Å². The number of hydrogen-bond acceptors (Lipinski definition) is 3. The van der Waals surface area contributed by atoms with E-state index >= 15 is 0 Å². The summed E-state index contributed by atoms with van der Waals surface area (Å²) in [6.45, 7) is 6.44. The van der Waals surface area contributed by atoms with Crippen LogP contribution in [-0.4, -0.2) is 12.6 Å². The Kier molecular flexibility index (Phi) is 6.56. The van der Waals surface area contributed by atoms with Gasteiger partial charge in [-0.25, -0.2) is 0 Å². The number of rotatable bonds is 7. The molecule has 2 aromatic carbocycles. The number of aryl methyl sites for hydroxylation is 1. The maximum absolute atomic E-state index is 6.27. The van der Waals surface area contributed by atoms with E-state index in [0.717, 1.165) is 30.4 Å². The molecule has 1 aliphatic rings. The second-order valence-corrected chi connectivity index (χ2v) is 7.83. The number of ether oxygens (including phenoxy) is 1. The molecule has 1 aliphatic carbocycles. The first-order valence-corrected chi connectivity index (χ1v) is 9.88. The van der Waals surface area contributed by atoms with Gasteiger partial charge in [-0.15, -0.1) is 0 Å². The molecule has 140 valence electrons. The van der Waals surface area contributed by atoms with Gasteiger partial charge in [0.1, 0.15) is 5.75 Å². The highest BCUT2D eigenvalue weighted by molar-refractivity contribution is 5.39. The van der Waals surface area contributed by atoms with Gasteiger partial charge in [0.25, 0.3) is 0 Å². The number of nitrogen functional groups attached to an aromatic ring is 1. The fraction of sp³-hybridized carbons (Fsp3) is 0.478. The molecule has 3 atom stereocenters. The predicted molar refractivity (Wildman–Crippen MR) is 109 cm³/mol. The van der Waals surface area contributed by atoms with Crippen LogP contribution in [0.3, 0.4) is 0 Å². The highest BCUT2D eigenvalue weighted by Crippen LogP contribution is 2.32. The van der Waals surface area contributed by atoms with E-state index in [9.17, 15) is 0 Å². The van der Waals surface area contributed by atoms with Crippen molar-refractivity contribution in [2.75, 3.05) is 12.3 Å². The van der Waals surface area contributed by atoms with Gasteiger partial charge in [0.05, 0.1) is 6.10 Å². The zero-order chi connectivity index (χ0) is 18.4. The first-order valence-electron chi connectivity index (χ1n) is 9.88. The van der Waals surface area contributed by atoms with Crippen molar-refractivity contribution in [3.63, 3.8) is 0 Å². The average Bonchev–Trinajstić information content (AvgIpc) is 2.63. The molecule has 3 rings (SSSR count). The minimum Gasteiger partial charge on any atom is -0.490 e. The molecule has 0 amide bonds. The third kappa shape index (κ3) is 5.50. The van der Waals surface area contributed by atoms with Gasteiger partial charge >= 0.3 is 0 Å². The number of hydrogen-bond donors (Lipinski definition) is 2. The van der Waals surface area contributed by atoms with Gasteiger partial charge in [-0.1, -0.05) is 31.2 Å². The lowest BCUT2D eigenvalue weighted by Gasteiger charge is -2.33. The molecular formula is C23H32N2O. The van der Waals surface area contributed by atoms with Crippen LogP contribution >= 0.6 is 0 Å². The van der Waals surface area contributed by atoms with E-state index < -0.39 is 0 Å². The van der Waals surface area contributed by atoms with Gasteiger partial charge in [0.2, 0.25) is 0 Å². The Labute approximate surface area is 158 Å². The molecule has 2 aromatic rings. The summed E-state index contributed by atoms with van der Waals surface area (Å²) in [4.78, 5) is 0. The molecule has 0 saturated heterocycles. The number of nitrogens with two attached hydrogens (primary N) is 1. The van der Waals surface area contributed by atoms with Gasteiger partial charge in [0.15, 0.2) is 0 Å². The van der Waals surface area contributed by atoms with Crippen molar-refractivity contribution in [2.24, 2.45) is 11.8 Å². The summed E-state index contributed by atoms with van der Waals surface area (Å²) in [7, 11) is 0. The SMILES string of the molecule is Cc1cccc(O[C@@H]2CCC[C@H](C(C)CNCc3ccc(N)cc3)C2)c1. The summed E-state index contributed by atoms with van der Waals surface area (Å²) < 4.78 is 6.27. The summed E-state index contributed by atoms with van der Waals surface area (Å²) in [6, 6.07) is 16.5. The zero-order valence-electron chi connectivity index (χ0n) is 16.1. The molecule has 1 fully saturated rings. The molecule has 1 unspecified atom stereocenters. The van der Waals surface area contributed by atoms with Crippen LogP contribution in [0.2, 0.25) is 0 Å². The van der Waals surface area contributed by atoms with E-state index in [4.69, 9.17) is 10.5 Å². The van der Waals surface area contributed by atoms with Crippen LogP contribution in [-0.2, 0) is 6.54 Å². The number of benzene rings is 2. The van der Waals surface area contributed by atoms with E-state index in [1.54, 1.807) is 0 Å². The minimum absolute atomic E-state index is 0.357. The maximum atomic E-state index is 6.27. The third-order valence-corrected chi connectivity index (χ3v) is 5.54. The predicted octanol–water partition coefficient (Wildman–Crippen LogP) is 4.94. The molecule has 0 bridgehead atoms. The van der Waals surface area contributed by atoms with E-state index in [1.165, 1.54) is 36.8 Å². The van der Waals surface area contributed by atoms with Gasteiger partial charge in [-0.3, -0.25) is 0 Å². The number of nitrogens with one attached hydrogen (secondary N) is 1. The van der Waals surface area contributed by atoms with Gasteiger partial charge in [0, 0.05) is 12.2 Å². The lowest BCUT2D eigenvalue weighted by molar-refractivity contribution is 0.102. The largest absolute Gasteiger partial charge is 0.490 e. The molecule has 3 heteroatoms. The Morgan fingerprint density at radius 3 is 2.73 bits per heavy atom. The second kappa shape index (κ2) is 9.09. The van der Waals surface area contributed by atoms with Crippen LogP contribution in [0.4, 0.5) is 5.69 Å². The Morgan fingerprint density at radius 1 is 1.15 bits per heavy atom. The van der Waals surface area contributed by atoms with Crippen LogP contribution < -0.4 is 15.8 Å². The van der Waals surface area contributed by atoms with Crippen LogP contribution in [0, 0.1) is 18.8 Å². The second-order valence-electron chi connectivity index (χ2n) is 7.83. The first-order chi connectivity index (χ1) is 12.6. The Morgan fingerprint density at radius 2 is 1.96 bits per heavy atom. The molecule has 1 saturated carbocycles. The van der Waals surface area contributed by atoms with Crippen molar-refractivity contribution >= 4 is 5.69 Å². The van der Waals surface area contributed by atoms with Crippen molar-refractivity contribution in [2.45, 2.75) is 52.2 Å². The molecule has 0 spiro atoms. The monoisotopic (exact) mass is 352 g/mol. The lowest BCUT2D eigenvalue weighted by atomic mass is 9.79. The molecule has 0 aliphatic heterocycles. The molecular weight excluding hydrogens is 320 g/mol. The molecule has 0 aromatic heterocycles. The van der Waals surface area contributed by atoms with Crippen molar-refractivity contribution in [3.05, 3.63) is 59.7 Å². The Balaban J connectivity index is 1.45.